The van der Waals surface area contributed by atoms with Gasteiger partial charge in [0.05, 0.1) is 13.2 Å². The van der Waals surface area contributed by atoms with Gasteiger partial charge in [-0.1, -0.05) is 19.3 Å². The average Bonchev–Trinajstić information content (AvgIpc) is 2.74. The van der Waals surface area contributed by atoms with Crippen LogP contribution in [-0.4, -0.2) is 66.9 Å². The van der Waals surface area contributed by atoms with Crippen LogP contribution in [0.1, 0.15) is 79.1 Å². The highest BCUT2D eigenvalue weighted by atomic mass is 16.6. The monoisotopic (exact) mass is 440 g/mol. The number of nitrogens with one attached hydrogen (secondary N) is 1. The third kappa shape index (κ3) is 7.98. The summed E-state index contributed by atoms with van der Waals surface area (Å²) in [4.78, 5) is 39.8. The van der Waals surface area contributed by atoms with Crippen LogP contribution in [0.15, 0.2) is 0 Å². The summed E-state index contributed by atoms with van der Waals surface area (Å²) in [6.45, 7) is 8.10. The number of likely N-dealkylation sites (tertiary alicyclic amines) is 1. The highest BCUT2D eigenvalue weighted by Crippen LogP contribution is 2.25. The summed E-state index contributed by atoms with van der Waals surface area (Å²) in [5, 5.41) is 2.71. The number of carbonyl (C=O) groups excluding carboxylic acids is 3. The van der Waals surface area contributed by atoms with E-state index in [1.807, 2.05) is 0 Å². The van der Waals surface area contributed by atoms with Crippen molar-refractivity contribution in [2.24, 2.45) is 5.92 Å². The molecule has 2 fully saturated rings. The summed E-state index contributed by atoms with van der Waals surface area (Å²) in [7, 11) is 1.33. The van der Waals surface area contributed by atoms with Gasteiger partial charge in [-0.2, -0.15) is 0 Å². The molecule has 2 rings (SSSR count). The Bertz CT molecular complexity index is 612. The van der Waals surface area contributed by atoms with Crippen LogP contribution < -0.4 is 5.32 Å². The van der Waals surface area contributed by atoms with Gasteiger partial charge in [-0.15, -0.1) is 0 Å². The maximum absolute atomic E-state index is 13.5. The number of rotatable bonds is 7. The van der Waals surface area contributed by atoms with E-state index in [1.165, 1.54) is 31.3 Å². The number of hydrogen-bond acceptors (Lipinski definition) is 6. The van der Waals surface area contributed by atoms with Crippen LogP contribution in [0.4, 0.5) is 4.79 Å². The Morgan fingerprint density at radius 2 is 1.68 bits per heavy atom. The Hall–Kier alpha value is -1.83. The van der Waals surface area contributed by atoms with E-state index in [9.17, 15) is 14.4 Å². The molecule has 31 heavy (non-hydrogen) atoms. The first kappa shape index (κ1) is 25.4. The minimum Gasteiger partial charge on any atom is -0.467 e. The molecule has 0 aromatic heterocycles. The number of amides is 2. The van der Waals surface area contributed by atoms with Gasteiger partial charge < -0.3 is 24.4 Å². The molecule has 1 heterocycles. The van der Waals surface area contributed by atoms with Crippen molar-refractivity contribution in [1.82, 2.24) is 10.2 Å². The van der Waals surface area contributed by atoms with Gasteiger partial charge in [0.2, 0.25) is 5.91 Å². The van der Waals surface area contributed by atoms with Gasteiger partial charge in [0.25, 0.3) is 0 Å². The van der Waals surface area contributed by atoms with Crippen LogP contribution in [-0.2, 0) is 23.8 Å². The quantitative estimate of drug-likeness (QED) is 0.610. The van der Waals surface area contributed by atoms with E-state index in [0.29, 0.717) is 25.5 Å². The highest BCUT2D eigenvalue weighted by Gasteiger charge is 2.39. The third-order valence-corrected chi connectivity index (χ3v) is 5.99. The van der Waals surface area contributed by atoms with Gasteiger partial charge in [-0.3, -0.25) is 4.79 Å². The first-order valence-electron chi connectivity index (χ1n) is 11.6. The van der Waals surface area contributed by atoms with Crippen molar-refractivity contribution >= 4 is 18.0 Å². The number of nitrogens with zero attached hydrogens (tertiary/aromatic N) is 1. The maximum atomic E-state index is 13.5. The SMILES string of the molecule is COC(=O)[C@@H]1CCCCN1C(=O)[C@@H](NC(=O)OC(C)(C)C)[C@@H](C)OCC1CCCCC1. The lowest BCUT2D eigenvalue weighted by Crippen LogP contribution is -2.59. The number of hydrogen-bond donors (Lipinski definition) is 1. The predicted molar refractivity (Wildman–Crippen MR) is 117 cm³/mol. The molecule has 1 aliphatic carbocycles. The maximum Gasteiger partial charge on any atom is 0.408 e. The van der Waals surface area contributed by atoms with E-state index in [1.54, 1.807) is 27.7 Å². The normalized spacial score (nSPS) is 22.4. The Kier molecular flexibility index (Phi) is 9.59. The van der Waals surface area contributed by atoms with Crippen molar-refractivity contribution in [3.8, 4) is 0 Å². The lowest BCUT2D eigenvalue weighted by atomic mass is 9.90. The van der Waals surface area contributed by atoms with Gasteiger partial charge in [0.1, 0.15) is 17.7 Å². The molecule has 1 saturated carbocycles. The molecular weight excluding hydrogens is 400 g/mol. The Labute approximate surface area is 186 Å². The van der Waals surface area contributed by atoms with Crippen LogP contribution in [0.25, 0.3) is 0 Å². The second-order valence-corrected chi connectivity index (χ2v) is 9.73. The fourth-order valence-corrected chi connectivity index (χ4v) is 4.31. The molecule has 1 saturated heterocycles. The number of piperidine rings is 1. The number of esters is 1. The summed E-state index contributed by atoms with van der Waals surface area (Å²) in [6, 6.07) is -1.58. The number of ether oxygens (including phenoxy) is 3. The molecule has 0 unspecified atom stereocenters. The number of alkyl carbamates (subject to hydrolysis) is 1. The lowest BCUT2D eigenvalue weighted by molar-refractivity contribution is -0.157. The molecule has 3 atom stereocenters. The fourth-order valence-electron chi connectivity index (χ4n) is 4.31. The van der Waals surface area contributed by atoms with Gasteiger partial charge in [-0.25, -0.2) is 9.59 Å². The summed E-state index contributed by atoms with van der Waals surface area (Å²) < 4.78 is 16.4. The minimum absolute atomic E-state index is 0.336. The summed E-state index contributed by atoms with van der Waals surface area (Å²) in [6.07, 6.45) is 6.89. The zero-order valence-corrected chi connectivity index (χ0v) is 19.8. The summed E-state index contributed by atoms with van der Waals surface area (Å²) in [5.74, 6) is -0.289. The van der Waals surface area contributed by atoms with Crippen molar-refractivity contribution < 1.29 is 28.6 Å². The molecule has 0 aromatic rings. The molecule has 8 nitrogen and oxygen atoms in total. The summed E-state index contributed by atoms with van der Waals surface area (Å²) >= 11 is 0. The number of methoxy groups -OCH3 is 1. The molecule has 0 radical (unpaired) electrons. The molecule has 2 amide bonds. The number of carbonyl (C=O) groups is 3. The van der Waals surface area contributed by atoms with Crippen molar-refractivity contribution in [3.63, 3.8) is 0 Å². The van der Waals surface area contributed by atoms with Crippen molar-refractivity contribution in [2.75, 3.05) is 20.3 Å². The minimum atomic E-state index is -0.941. The molecule has 2 aliphatic rings. The fraction of sp³-hybridized carbons (Fsp3) is 0.870. The Balaban J connectivity index is 2.13. The molecule has 1 N–H and O–H groups in total. The predicted octanol–water partition coefficient (Wildman–Crippen LogP) is 3.42. The van der Waals surface area contributed by atoms with Gasteiger partial charge in [-0.05, 0) is 65.7 Å². The van der Waals surface area contributed by atoms with Crippen LogP contribution in [0.3, 0.4) is 0 Å². The van der Waals surface area contributed by atoms with Gasteiger partial charge >= 0.3 is 12.1 Å². The van der Waals surface area contributed by atoms with Crippen LogP contribution in [0.5, 0.6) is 0 Å². The van der Waals surface area contributed by atoms with Crippen LogP contribution >= 0.6 is 0 Å². The molecule has 0 aromatic carbocycles. The largest absolute Gasteiger partial charge is 0.467 e. The first-order valence-corrected chi connectivity index (χ1v) is 11.6. The highest BCUT2D eigenvalue weighted by molar-refractivity contribution is 5.90. The molecular formula is C23H40N2O6. The zero-order chi connectivity index (χ0) is 23.0. The van der Waals surface area contributed by atoms with Crippen molar-refractivity contribution in [1.29, 1.82) is 0 Å². The Morgan fingerprint density at radius 1 is 1.03 bits per heavy atom. The standard InChI is InChI=1S/C23H40N2O6/c1-16(30-15-17-11-7-6-8-12-17)19(24-22(28)31-23(2,3)4)20(26)25-14-10-9-13-18(25)21(27)29-5/h16-19H,6-15H2,1-5H3,(H,24,28)/t16-,18+,19+/m1/s1. The second kappa shape index (κ2) is 11.7. The van der Waals surface area contributed by atoms with E-state index in [0.717, 1.165) is 25.7 Å². The van der Waals surface area contributed by atoms with Crippen molar-refractivity contribution in [3.05, 3.63) is 0 Å². The van der Waals surface area contributed by atoms with E-state index < -0.39 is 35.9 Å². The first-order chi connectivity index (χ1) is 14.6. The van der Waals surface area contributed by atoms with E-state index >= 15 is 0 Å². The van der Waals surface area contributed by atoms with Crippen LogP contribution in [0, 0.1) is 5.92 Å². The molecule has 178 valence electrons. The zero-order valence-electron chi connectivity index (χ0n) is 19.8. The summed E-state index contributed by atoms with van der Waals surface area (Å²) in [5.41, 5.74) is -0.691. The van der Waals surface area contributed by atoms with Crippen molar-refractivity contribution in [2.45, 2.75) is 103 Å². The molecule has 0 bridgehead atoms. The molecule has 0 spiro atoms. The van der Waals surface area contributed by atoms with Crippen LogP contribution in [0.2, 0.25) is 0 Å². The lowest BCUT2D eigenvalue weighted by Gasteiger charge is -2.38. The topological polar surface area (TPSA) is 94.2 Å². The van der Waals surface area contributed by atoms with Gasteiger partial charge in [0, 0.05) is 13.2 Å². The van der Waals surface area contributed by atoms with Gasteiger partial charge in [0.15, 0.2) is 0 Å². The second-order valence-electron chi connectivity index (χ2n) is 9.73. The van der Waals surface area contributed by atoms with E-state index in [2.05, 4.69) is 5.32 Å². The third-order valence-electron chi connectivity index (χ3n) is 5.99. The average molecular weight is 441 g/mol. The van der Waals surface area contributed by atoms with E-state index in [-0.39, 0.29) is 5.91 Å². The molecule has 1 aliphatic heterocycles. The smallest absolute Gasteiger partial charge is 0.408 e. The van der Waals surface area contributed by atoms with E-state index in [4.69, 9.17) is 14.2 Å². The molecule has 8 heteroatoms. The Morgan fingerprint density at radius 3 is 2.29 bits per heavy atom.